The topological polar surface area (TPSA) is 68.7 Å². The second kappa shape index (κ2) is 6.77. The van der Waals surface area contributed by atoms with Gasteiger partial charge in [-0.25, -0.2) is 18.6 Å². The third-order valence-electron chi connectivity index (χ3n) is 3.80. The molecule has 0 bridgehead atoms. The molecule has 2 atom stereocenters. The number of halogens is 1. The fourth-order valence-electron chi connectivity index (χ4n) is 2.55. The van der Waals surface area contributed by atoms with E-state index in [0.29, 0.717) is 10.9 Å². The number of ketones is 1. The van der Waals surface area contributed by atoms with Gasteiger partial charge in [0.25, 0.3) is 0 Å². The first kappa shape index (κ1) is 17.9. The Labute approximate surface area is 144 Å². The van der Waals surface area contributed by atoms with E-state index in [4.69, 9.17) is 9.05 Å². The molecule has 0 fully saturated rings. The number of rotatable bonds is 5. The van der Waals surface area contributed by atoms with E-state index in [2.05, 4.69) is 4.98 Å². The van der Waals surface area contributed by atoms with E-state index in [9.17, 15) is 13.8 Å². The van der Waals surface area contributed by atoms with Crippen molar-refractivity contribution in [2.75, 3.05) is 20.7 Å². The summed E-state index contributed by atoms with van der Waals surface area (Å²) < 4.78 is 39.1. The van der Waals surface area contributed by atoms with Crippen LogP contribution in [-0.2, 0) is 13.6 Å². The van der Waals surface area contributed by atoms with Gasteiger partial charge in [0, 0.05) is 5.39 Å². The van der Waals surface area contributed by atoms with Crippen LogP contribution in [0.1, 0.15) is 23.0 Å². The van der Waals surface area contributed by atoms with Crippen LogP contribution in [-0.4, -0.2) is 42.2 Å². The quantitative estimate of drug-likeness (QED) is 0.751. The zero-order valence-corrected chi connectivity index (χ0v) is 15.0. The minimum absolute atomic E-state index is 0.0281. The number of para-hydroxylation sites is 1. The van der Waals surface area contributed by atoms with Crippen molar-refractivity contribution in [1.82, 2.24) is 9.65 Å². The molecule has 0 amide bonds. The molecule has 2 unspecified atom stereocenters. The van der Waals surface area contributed by atoms with Crippen LogP contribution < -0.4 is 0 Å². The smallest absolute Gasteiger partial charge is 0.297 e. The van der Waals surface area contributed by atoms with E-state index in [1.807, 2.05) is 0 Å². The predicted molar refractivity (Wildman–Crippen MR) is 93.0 cm³/mol. The van der Waals surface area contributed by atoms with Gasteiger partial charge in [-0.05, 0) is 39.2 Å². The zero-order valence-electron chi connectivity index (χ0n) is 14.1. The number of nitrogens with zero attached hydrogens (tertiary/aromatic N) is 2. The third kappa shape index (κ3) is 3.28. The molecular weight excluding hydrogens is 346 g/mol. The second-order valence-electron chi connectivity index (χ2n) is 5.72. The molecule has 1 heterocycles. The fraction of sp³-hybridized carbons (Fsp3) is 0.294. The minimum Gasteiger partial charge on any atom is -0.297 e. The van der Waals surface area contributed by atoms with E-state index in [-0.39, 0.29) is 17.9 Å². The molecule has 1 aromatic carbocycles. The van der Waals surface area contributed by atoms with Gasteiger partial charge < -0.3 is 0 Å². The Morgan fingerprint density at radius 1 is 1.32 bits per heavy atom. The maximum atomic E-state index is 14.5. The monoisotopic (exact) mass is 364 g/mol. The standard InChI is InChI=1S/C17H18FN2O4P/c1-4-23-25(22,20(2)3)24-15-10-13(18)16-12(17(15)21)9-11-7-5-6-8-14(11)19-16/h5-10,15H,4H2,1-3H3. The van der Waals surface area contributed by atoms with Gasteiger partial charge in [-0.15, -0.1) is 0 Å². The number of Topliss-reactive ketones (excluding diaryl/α,β-unsaturated/α-hetero) is 1. The van der Waals surface area contributed by atoms with Crippen LogP contribution in [0.15, 0.2) is 36.4 Å². The summed E-state index contributed by atoms with van der Waals surface area (Å²) in [6.07, 6.45) is -0.350. The van der Waals surface area contributed by atoms with E-state index >= 15 is 0 Å². The van der Waals surface area contributed by atoms with Crippen molar-refractivity contribution < 1.29 is 22.8 Å². The van der Waals surface area contributed by atoms with Crippen molar-refractivity contribution in [1.29, 1.82) is 0 Å². The van der Waals surface area contributed by atoms with Gasteiger partial charge >= 0.3 is 7.75 Å². The van der Waals surface area contributed by atoms with Gasteiger partial charge in [-0.1, -0.05) is 18.2 Å². The molecule has 6 nitrogen and oxygen atoms in total. The number of fused-ring (bicyclic) bond motifs is 2. The molecule has 0 N–H and O–H groups in total. The lowest BCUT2D eigenvalue weighted by molar-refractivity contribution is 0.0781. The maximum Gasteiger partial charge on any atom is 0.408 e. The summed E-state index contributed by atoms with van der Waals surface area (Å²) in [5.74, 6) is -1.19. The van der Waals surface area contributed by atoms with Crippen LogP contribution in [0.25, 0.3) is 16.7 Å². The van der Waals surface area contributed by atoms with Crippen molar-refractivity contribution in [2.24, 2.45) is 0 Å². The molecule has 0 saturated carbocycles. The molecule has 1 aliphatic carbocycles. The van der Waals surface area contributed by atoms with Gasteiger partial charge in [0.15, 0.2) is 11.9 Å². The average Bonchev–Trinajstić information content (AvgIpc) is 2.58. The first-order chi connectivity index (χ1) is 11.9. The second-order valence-corrected chi connectivity index (χ2v) is 7.92. The molecule has 0 aliphatic heterocycles. The third-order valence-corrected chi connectivity index (χ3v) is 5.86. The molecule has 0 radical (unpaired) electrons. The van der Waals surface area contributed by atoms with Crippen LogP contribution in [0.2, 0.25) is 0 Å². The minimum atomic E-state index is -3.70. The van der Waals surface area contributed by atoms with Gasteiger partial charge in [0.2, 0.25) is 0 Å². The molecule has 8 heteroatoms. The van der Waals surface area contributed by atoms with Crippen LogP contribution in [0.5, 0.6) is 0 Å². The SMILES string of the molecule is CCOP(=O)(OC1C=C(F)c2nc3ccccc3cc2C1=O)N(C)C. The van der Waals surface area contributed by atoms with Crippen molar-refractivity contribution >= 4 is 30.3 Å². The average molecular weight is 364 g/mol. The Morgan fingerprint density at radius 3 is 2.72 bits per heavy atom. The highest BCUT2D eigenvalue weighted by Gasteiger charge is 2.38. The molecule has 0 saturated heterocycles. The molecule has 0 spiro atoms. The summed E-state index contributed by atoms with van der Waals surface area (Å²) in [6.45, 7) is 1.79. The van der Waals surface area contributed by atoms with E-state index in [0.717, 1.165) is 6.08 Å². The summed E-state index contributed by atoms with van der Waals surface area (Å²) in [4.78, 5) is 17.0. The Hall–Kier alpha value is -1.92. The molecule has 132 valence electrons. The molecule has 25 heavy (non-hydrogen) atoms. The molecule has 1 aromatic heterocycles. The van der Waals surface area contributed by atoms with Gasteiger partial charge in [0.05, 0.1) is 17.7 Å². The first-order valence-corrected chi connectivity index (χ1v) is 9.27. The van der Waals surface area contributed by atoms with E-state index in [1.54, 1.807) is 37.3 Å². The summed E-state index contributed by atoms with van der Waals surface area (Å²) >= 11 is 0. The lowest BCUT2D eigenvalue weighted by Gasteiger charge is -2.27. The largest absolute Gasteiger partial charge is 0.408 e. The van der Waals surface area contributed by atoms with Crippen LogP contribution in [0, 0.1) is 0 Å². The van der Waals surface area contributed by atoms with Crippen molar-refractivity contribution in [2.45, 2.75) is 13.0 Å². The highest BCUT2D eigenvalue weighted by Crippen LogP contribution is 2.52. The maximum absolute atomic E-state index is 14.5. The summed E-state index contributed by atoms with van der Waals surface area (Å²) in [5.41, 5.74) is 0.662. The van der Waals surface area contributed by atoms with Gasteiger partial charge in [0.1, 0.15) is 11.5 Å². The number of pyridine rings is 1. The summed E-state index contributed by atoms with van der Waals surface area (Å²) in [5, 5.41) is 0.712. The Bertz CT molecular complexity index is 913. The normalized spacial score (nSPS) is 19.6. The van der Waals surface area contributed by atoms with Crippen LogP contribution in [0.3, 0.4) is 0 Å². The van der Waals surface area contributed by atoms with Crippen LogP contribution in [0.4, 0.5) is 4.39 Å². The van der Waals surface area contributed by atoms with Gasteiger partial charge in [-0.2, -0.15) is 0 Å². The van der Waals surface area contributed by atoms with Crippen LogP contribution >= 0.6 is 7.75 Å². The number of aromatic nitrogens is 1. The highest BCUT2D eigenvalue weighted by atomic mass is 31.2. The number of hydrogen-bond donors (Lipinski definition) is 0. The Kier molecular flexibility index (Phi) is 4.84. The van der Waals surface area contributed by atoms with Gasteiger partial charge in [-0.3, -0.25) is 13.8 Å². The Morgan fingerprint density at radius 2 is 2.04 bits per heavy atom. The molecular formula is C17H18FN2O4P. The van der Waals surface area contributed by atoms with Crippen molar-refractivity contribution in [3.63, 3.8) is 0 Å². The lowest BCUT2D eigenvalue weighted by atomic mass is 9.96. The van der Waals surface area contributed by atoms with E-state index in [1.165, 1.54) is 18.8 Å². The number of benzene rings is 1. The summed E-state index contributed by atoms with van der Waals surface area (Å²) in [6, 6.07) is 8.69. The fourth-order valence-corrected chi connectivity index (χ4v) is 3.80. The zero-order chi connectivity index (χ0) is 18.2. The first-order valence-electron chi connectivity index (χ1n) is 7.78. The van der Waals surface area contributed by atoms with Crippen molar-refractivity contribution in [3.8, 4) is 0 Å². The Balaban J connectivity index is 2.02. The summed E-state index contributed by atoms with van der Waals surface area (Å²) in [7, 11) is -0.689. The number of hydrogen-bond acceptors (Lipinski definition) is 5. The molecule has 1 aliphatic rings. The highest BCUT2D eigenvalue weighted by molar-refractivity contribution is 7.51. The number of carbonyl (C=O) groups excluding carboxylic acids is 1. The van der Waals surface area contributed by atoms with E-state index < -0.39 is 25.5 Å². The predicted octanol–water partition coefficient (Wildman–Crippen LogP) is 3.83. The number of carbonyl (C=O) groups is 1. The lowest BCUT2D eigenvalue weighted by Crippen LogP contribution is -2.29. The van der Waals surface area contributed by atoms with Crippen molar-refractivity contribution in [3.05, 3.63) is 47.7 Å². The molecule has 3 rings (SSSR count). The molecule has 2 aromatic rings.